The molecule has 26 heavy (non-hydrogen) atoms. The van der Waals surface area contributed by atoms with Crippen molar-refractivity contribution in [2.45, 2.75) is 33.1 Å². The fourth-order valence-corrected chi connectivity index (χ4v) is 3.14. The van der Waals surface area contributed by atoms with Crippen LogP contribution in [-0.2, 0) is 14.3 Å². The van der Waals surface area contributed by atoms with Gasteiger partial charge in [0.15, 0.2) is 6.61 Å². The van der Waals surface area contributed by atoms with Gasteiger partial charge in [0.1, 0.15) is 5.75 Å². The van der Waals surface area contributed by atoms with Crippen molar-refractivity contribution in [1.82, 2.24) is 5.32 Å². The minimum Gasteiger partial charge on any atom is -0.482 e. The number of rotatable bonds is 7. The van der Waals surface area contributed by atoms with E-state index in [0.29, 0.717) is 24.0 Å². The molecule has 0 aromatic heterocycles. The quantitative estimate of drug-likeness (QED) is 0.707. The topological polar surface area (TPSA) is 76.7 Å². The molecule has 1 saturated heterocycles. The Hall–Kier alpha value is -1.79. The SMILES string of the molecule is COC(=O)COc1ccc(NC(=O)CC(C)C2CCNCC2)c(C)c1.Cl. The third-order valence-electron chi connectivity index (χ3n) is 4.75. The Balaban J connectivity index is 0.00000338. The standard InChI is InChI=1S/C19H28N2O4.ClH/c1-13(15-6-8-20-9-7-15)11-18(22)21-17-5-4-16(10-14(17)2)25-12-19(23)24-3;/h4-5,10,13,15,20H,6-9,11-12H2,1-3H3,(H,21,22);1H. The zero-order chi connectivity index (χ0) is 18.2. The van der Waals surface area contributed by atoms with E-state index in [9.17, 15) is 9.59 Å². The van der Waals surface area contributed by atoms with E-state index in [1.807, 2.05) is 6.92 Å². The van der Waals surface area contributed by atoms with E-state index in [0.717, 1.165) is 37.2 Å². The lowest BCUT2D eigenvalue weighted by Gasteiger charge is -2.28. The van der Waals surface area contributed by atoms with E-state index in [1.54, 1.807) is 18.2 Å². The Morgan fingerprint density at radius 3 is 2.62 bits per heavy atom. The third kappa shape index (κ3) is 6.84. The van der Waals surface area contributed by atoms with Gasteiger partial charge in [0.05, 0.1) is 7.11 Å². The summed E-state index contributed by atoms with van der Waals surface area (Å²) in [5.74, 6) is 1.18. The minimum atomic E-state index is -0.429. The van der Waals surface area contributed by atoms with Gasteiger partial charge in [-0.05, 0) is 68.5 Å². The molecule has 2 N–H and O–H groups in total. The van der Waals surface area contributed by atoms with Gasteiger partial charge < -0.3 is 20.1 Å². The van der Waals surface area contributed by atoms with Crippen LogP contribution in [0.3, 0.4) is 0 Å². The summed E-state index contributed by atoms with van der Waals surface area (Å²) in [5.41, 5.74) is 1.66. The molecule has 1 aromatic rings. The molecule has 0 saturated carbocycles. The first-order valence-corrected chi connectivity index (χ1v) is 8.80. The lowest BCUT2D eigenvalue weighted by atomic mass is 9.84. The lowest BCUT2D eigenvalue weighted by Crippen LogP contribution is -2.32. The highest BCUT2D eigenvalue weighted by Crippen LogP contribution is 2.26. The summed E-state index contributed by atoms with van der Waals surface area (Å²) in [4.78, 5) is 23.4. The molecule has 1 aromatic carbocycles. The molecule has 1 fully saturated rings. The minimum absolute atomic E-state index is 0. The molecule has 1 unspecified atom stereocenters. The molecule has 0 radical (unpaired) electrons. The number of hydrogen-bond acceptors (Lipinski definition) is 5. The maximum Gasteiger partial charge on any atom is 0.343 e. The van der Waals surface area contributed by atoms with Gasteiger partial charge in [0, 0.05) is 12.1 Å². The molecule has 2 rings (SSSR count). The molecule has 0 spiro atoms. The average Bonchev–Trinajstić information content (AvgIpc) is 2.62. The number of methoxy groups -OCH3 is 1. The molecular weight excluding hydrogens is 356 g/mol. The monoisotopic (exact) mass is 384 g/mol. The second-order valence-electron chi connectivity index (χ2n) is 6.66. The molecule has 7 heteroatoms. The largest absolute Gasteiger partial charge is 0.482 e. The van der Waals surface area contributed by atoms with E-state index < -0.39 is 5.97 Å². The summed E-state index contributed by atoms with van der Waals surface area (Å²) in [6.45, 7) is 6.02. The van der Waals surface area contributed by atoms with Gasteiger partial charge in [-0.1, -0.05) is 6.92 Å². The fraction of sp³-hybridized carbons (Fsp3) is 0.579. The molecule has 1 heterocycles. The smallest absolute Gasteiger partial charge is 0.343 e. The van der Waals surface area contributed by atoms with E-state index in [-0.39, 0.29) is 24.9 Å². The molecule has 1 amide bonds. The van der Waals surface area contributed by atoms with Crippen LogP contribution in [0.15, 0.2) is 18.2 Å². The van der Waals surface area contributed by atoms with Crippen molar-refractivity contribution in [3.05, 3.63) is 23.8 Å². The first kappa shape index (κ1) is 22.3. The third-order valence-corrected chi connectivity index (χ3v) is 4.75. The van der Waals surface area contributed by atoms with Crippen LogP contribution in [0.1, 0.15) is 31.7 Å². The number of amides is 1. The second kappa shape index (κ2) is 11.0. The lowest BCUT2D eigenvalue weighted by molar-refractivity contribution is -0.142. The van der Waals surface area contributed by atoms with Crippen LogP contribution in [0.25, 0.3) is 0 Å². The van der Waals surface area contributed by atoms with Gasteiger partial charge in [-0.2, -0.15) is 0 Å². The zero-order valence-corrected chi connectivity index (χ0v) is 16.5. The van der Waals surface area contributed by atoms with Gasteiger partial charge in [0.25, 0.3) is 0 Å². The summed E-state index contributed by atoms with van der Waals surface area (Å²) >= 11 is 0. The predicted molar refractivity (Wildman–Crippen MR) is 104 cm³/mol. The van der Waals surface area contributed by atoms with Crippen molar-refractivity contribution < 1.29 is 19.1 Å². The van der Waals surface area contributed by atoms with E-state index in [2.05, 4.69) is 22.3 Å². The number of halogens is 1. The molecule has 1 aliphatic rings. The zero-order valence-electron chi connectivity index (χ0n) is 15.7. The first-order valence-electron chi connectivity index (χ1n) is 8.80. The van der Waals surface area contributed by atoms with Crippen LogP contribution in [0.5, 0.6) is 5.75 Å². The summed E-state index contributed by atoms with van der Waals surface area (Å²) < 4.78 is 9.89. The predicted octanol–water partition coefficient (Wildman–Crippen LogP) is 2.93. The normalized spacial score (nSPS) is 15.5. The van der Waals surface area contributed by atoms with Crippen molar-refractivity contribution in [2.24, 2.45) is 11.8 Å². The molecule has 146 valence electrons. The Labute approximate surface area is 161 Å². The fourth-order valence-electron chi connectivity index (χ4n) is 3.14. The van der Waals surface area contributed by atoms with Gasteiger partial charge in [0.2, 0.25) is 5.91 Å². The number of anilines is 1. The Morgan fingerprint density at radius 1 is 1.31 bits per heavy atom. The number of hydrogen-bond donors (Lipinski definition) is 2. The highest BCUT2D eigenvalue weighted by molar-refractivity contribution is 5.91. The number of benzene rings is 1. The summed E-state index contributed by atoms with van der Waals surface area (Å²) in [6.07, 6.45) is 2.81. The van der Waals surface area contributed by atoms with E-state index in [1.165, 1.54) is 7.11 Å². The highest BCUT2D eigenvalue weighted by atomic mass is 35.5. The molecule has 6 nitrogen and oxygen atoms in total. The van der Waals surface area contributed by atoms with Gasteiger partial charge >= 0.3 is 5.97 Å². The van der Waals surface area contributed by atoms with Crippen LogP contribution >= 0.6 is 12.4 Å². The van der Waals surface area contributed by atoms with Gasteiger partial charge in [-0.3, -0.25) is 4.79 Å². The number of nitrogens with one attached hydrogen (secondary N) is 2. The van der Waals surface area contributed by atoms with Crippen molar-refractivity contribution in [3.63, 3.8) is 0 Å². The summed E-state index contributed by atoms with van der Waals surface area (Å²) in [5, 5.41) is 6.34. The Bertz CT molecular complexity index is 603. The van der Waals surface area contributed by atoms with Crippen molar-refractivity contribution >= 4 is 30.0 Å². The molecule has 0 aliphatic carbocycles. The number of carbonyl (C=O) groups excluding carboxylic acids is 2. The number of aryl methyl sites for hydroxylation is 1. The van der Waals surface area contributed by atoms with Crippen LogP contribution in [0.2, 0.25) is 0 Å². The second-order valence-corrected chi connectivity index (χ2v) is 6.66. The summed E-state index contributed by atoms with van der Waals surface area (Å²) in [7, 11) is 1.32. The number of ether oxygens (including phenoxy) is 2. The number of esters is 1. The van der Waals surface area contributed by atoms with Crippen LogP contribution < -0.4 is 15.4 Å². The van der Waals surface area contributed by atoms with Crippen molar-refractivity contribution in [1.29, 1.82) is 0 Å². The van der Waals surface area contributed by atoms with E-state index >= 15 is 0 Å². The van der Waals surface area contributed by atoms with Gasteiger partial charge in [-0.15, -0.1) is 12.4 Å². The number of piperidine rings is 1. The number of carbonyl (C=O) groups is 2. The van der Waals surface area contributed by atoms with Crippen LogP contribution in [0, 0.1) is 18.8 Å². The maximum absolute atomic E-state index is 12.3. The van der Waals surface area contributed by atoms with E-state index in [4.69, 9.17) is 4.74 Å². The van der Waals surface area contributed by atoms with Gasteiger partial charge in [-0.25, -0.2) is 4.79 Å². The maximum atomic E-state index is 12.3. The highest BCUT2D eigenvalue weighted by Gasteiger charge is 2.22. The van der Waals surface area contributed by atoms with Crippen molar-refractivity contribution in [2.75, 3.05) is 32.1 Å². The first-order chi connectivity index (χ1) is 12.0. The molecule has 0 bridgehead atoms. The van der Waals surface area contributed by atoms with Crippen LogP contribution in [-0.4, -0.2) is 38.7 Å². The Kier molecular flexibility index (Phi) is 9.44. The van der Waals surface area contributed by atoms with Crippen molar-refractivity contribution in [3.8, 4) is 5.75 Å². The molecule has 1 aliphatic heterocycles. The molecule has 1 atom stereocenters. The van der Waals surface area contributed by atoms with Crippen LogP contribution in [0.4, 0.5) is 5.69 Å². The molecular formula is C19H29ClN2O4. The summed E-state index contributed by atoms with van der Waals surface area (Å²) in [6, 6.07) is 5.34. The average molecular weight is 385 g/mol. The Morgan fingerprint density at radius 2 is 2.00 bits per heavy atom.